The zero-order valence-electron chi connectivity index (χ0n) is 11.5. The molecular weight excluding hydrogens is 257 g/mol. The molecule has 1 heterocycles. The zero-order valence-corrected chi connectivity index (χ0v) is 11.5. The molecule has 0 amide bonds. The Balaban J connectivity index is 3.09. The molecule has 2 N–H and O–H groups in total. The van der Waals surface area contributed by atoms with Gasteiger partial charge in [-0.25, -0.2) is 4.98 Å². The number of rotatable bonds is 5. The van der Waals surface area contributed by atoms with Gasteiger partial charge < -0.3 is 10.6 Å². The second-order valence-corrected chi connectivity index (χ2v) is 4.71. The van der Waals surface area contributed by atoms with Crippen LogP contribution in [0.15, 0.2) is 6.07 Å². The standard InChI is InChI=1S/C12H19F3N4/c1-5-8(4)17-11-18-9(12(13,14)15)6-10(19-11)16-7(2)3/h6-8H,5H2,1-4H3,(H2,16,17,18,19)/t8-/m0/s1. The normalized spacial score (nSPS) is 13.5. The van der Waals surface area contributed by atoms with E-state index in [9.17, 15) is 13.2 Å². The second-order valence-electron chi connectivity index (χ2n) is 4.71. The SMILES string of the molecule is CC[C@H](C)Nc1nc(NC(C)C)cc(C(F)(F)F)n1. The molecule has 7 heteroatoms. The number of alkyl halides is 3. The molecular formula is C12H19F3N4. The Morgan fingerprint density at radius 3 is 2.26 bits per heavy atom. The molecule has 4 nitrogen and oxygen atoms in total. The molecule has 0 aliphatic carbocycles. The Morgan fingerprint density at radius 1 is 1.16 bits per heavy atom. The van der Waals surface area contributed by atoms with E-state index >= 15 is 0 Å². The number of anilines is 2. The maximum absolute atomic E-state index is 12.8. The van der Waals surface area contributed by atoms with Gasteiger partial charge in [0.15, 0.2) is 5.69 Å². The van der Waals surface area contributed by atoms with Gasteiger partial charge in [0, 0.05) is 18.2 Å². The zero-order chi connectivity index (χ0) is 14.6. The van der Waals surface area contributed by atoms with Crippen molar-refractivity contribution in [3.8, 4) is 0 Å². The average molecular weight is 276 g/mol. The van der Waals surface area contributed by atoms with E-state index in [4.69, 9.17) is 0 Å². The van der Waals surface area contributed by atoms with E-state index in [1.807, 2.05) is 27.7 Å². The van der Waals surface area contributed by atoms with Crippen molar-refractivity contribution >= 4 is 11.8 Å². The van der Waals surface area contributed by atoms with E-state index in [1.165, 1.54) is 0 Å². The molecule has 0 unspecified atom stereocenters. The molecule has 0 aliphatic rings. The van der Waals surface area contributed by atoms with Gasteiger partial charge in [-0.05, 0) is 27.2 Å². The lowest BCUT2D eigenvalue weighted by Gasteiger charge is -2.16. The van der Waals surface area contributed by atoms with Crippen LogP contribution in [-0.2, 0) is 6.18 Å². The first-order valence-corrected chi connectivity index (χ1v) is 6.21. The summed E-state index contributed by atoms with van der Waals surface area (Å²) in [6, 6.07) is 0.921. The van der Waals surface area contributed by atoms with Crippen LogP contribution in [0.5, 0.6) is 0 Å². The van der Waals surface area contributed by atoms with Crippen LogP contribution in [-0.4, -0.2) is 22.1 Å². The summed E-state index contributed by atoms with van der Waals surface area (Å²) in [5.41, 5.74) is -0.948. The summed E-state index contributed by atoms with van der Waals surface area (Å²) in [4.78, 5) is 7.55. The van der Waals surface area contributed by atoms with E-state index in [2.05, 4.69) is 20.6 Å². The molecule has 1 aromatic heterocycles. The third-order valence-electron chi connectivity index (χ3n) is 2.44. The lowest BCUT2D eigenvalue weighted by Crippen LogP contribution is -2.20. The summed E-state index contributed by atoms with van der Waals surface area (Å²) >= 11 is 0. The first-order valence-electron chi connectivity index (χ1n) is 6.21. The van der Waals surface area contributed by atoms with Crippen LogP contribution in [0, 0.1) is 0 Å². The maximum Gasteiger partial charge on any atom is 0.433 e. The van der Waals surface area contributed by atoms with Gasteiger partial charge in [0.25, 0.3) is 0 Å². The van der Waals surface area contributed by atoms with Crippen molar-refractivity contribution in [2.75, 3.05) is 10.6 Å². The first-order chi connectivity index (χ1) is 8.72. The molecule has 0 bridgehead atoms. The molecule has 0 saturated carbocycles. The third kappa shape index (κ3) is 4.92. The van der Waals surface area contributed by atoms with Crippen LogP contribution < -0.4 is 10.6 Å². The Bertz CT molecular complexity index is 418. The lowest BCUT2D eigenvalue weighted by atomic mass is 10.3. The van der Waals surface area contributed by atoms with Gasteiger partial charge in [-0.2, -0.15) is 18.2 Å². The number of nitrogens with zero attached hydrogens (tertiary/aromatic N) is 2. The lowest BCUT2D eigenvalue weighted by molar-refractivity contribution is -0.141. The minimum absolute atomic E-state index is 0.00701. The molecule has 0 aliphatic heterocycles. The van der Waals surface area contributed by atoms with Crippen LogP contribution in [0.1, 0.15) is 39.8 Å². The smallest absolute Gasteiger partial charge is 0.368 e. The van der Waals surface area contributed by atoms with Crippen LogP contribution in [0.25, 0.3) is 0 Å². The summed E-state index contributed by atoms with van der Waals surface area (Å²) in [5.74, 6) is 0.162. The van der Waals surface area contributed by atoms with Gasteiger partial charge in [-0.1, -0.05) is 6.92 Å². The second kappa shape index (κ2) is 6.08. The van der Waals surface area contributed by atoms with E-state index < -0.39 is 11.9 Å². The highest BCUT2D eigenvalue weighted by atomic mass is 19.4. The minimum Gasteiger partial charge on any atom is -0.368 e. The molecule has 1 rings (SSSR count). The van der Waals surface area contributed by atoms with Crippen molar-refractivity contribution in [1.82, 2.24) is 9.97 Å². The summed E-state index contributed by atoms with van der Waals surface area (Å²) in [6.45, 7) is 7.45. The maximum atomic E-state index is 12.8. The van der Waals surface area contributed by atoms with Gasteiger partial charge in [0.05, 0.1) is 0 Å². The van der Waals surface area contributed by atoms with Crippen molar-refractivity contribution in [1.29, 1.82) is 0 Å². The molecule has 0 aromatic carbocycles. The van der Waals surface area contributed by atoms with Gasteiger partial charge in [-0.3, -0.25) is 0 Å². The average Bonchev–Trinajstić information content (AvgIpc) is 2.26. The van der Waals surface area contributed by atoms with E-state index in [0.29, 0.717) is 0 Å². The summed E-state index contributed by atoms with van der Waals surface area (Å²) in [6.07, 6.45) is -3.71. The molecule has 1 aromatic rings. The molecule has 19 heavy (non-hydrogen) atoms. The van der Waals surface area contributed by atoms with Crippen LogP contribution >= 0.6 is 0 Å². The highest BCUT2D eigenvalue weighted by molar-refractivity contribution is 5.43. The molecule has 0 radical (unpaired) electrons. The molecule has 0 fully saturated rings. The van der Waals surface area contributed by atoms with E-state index in [1.54, 1.807) is 0 Å². The number of hydrogen-bond donors (Lipinski definition) is 2. The fourth-order valence-electron chi connectivity index (χ4n) is 1.35. The van der Waals surface area contributed by atoms with Crippen molar-refractivity contribution in [3.63, 3.8) is 0 Å². The highest BCUT2D eigenvalue weighted by Crippen LogP contribution is 2.29. The van der Waals surface area contributed by atoms with Crippen molar-refractivity contribution in [2.24, 2.45) is 0 Å². The summed E-state index contributed by atoms with van der Waals surface area (Å²) in [7, 11) is 0. The highest BCUT2D eigenvalue weighted by Gasteiger charge is 2.33. The predicted octanol–water partition coefficient (Wildman–Crippen LogP) is 3.53. The van der Waals surface area contributed by atoms with Gasteiger partial charge in [-0.15, -0.1) is 0 Å². The quantitative estimate of drug-likeness (QED) is 0.863. The molecule has 1 atom stereocenters. The Labute approximate surface area is 110 Å². The Hall–Kier alpha value is -1.53. The topological polar surface area (TPSA) is 49.8 Å². The van der Waals surface area contributed by atoms with Crippen molar-refractivity contribution in [3.05, 3.63) is 11.8 Å². The van der Waals surface area contributed by atoms with Crippen LogP contribution in [0.3, 0.4) is 0 Å². The van der Waals surface area contributed by atoms with Crippen LogP contribution in [0.4, 0.5) is 24.9 Å². The number of hydrogen-bond acceptors (Lipinski definition) is 4. The Morgan fingerprint density at radius 2 is 1.79 bits per heavy atom. The van der Waals surface area contributed by atoms with Crippen molar-refractivity contribution < 1.29 is 13.2 Å². The van der Waals surface area contributed by atoms with Gasteiger partial charge in [0.2, 0.25) is 5.95 Å². The molecule has 0 spiro atoms. The Kier molecular flexibility index (Phi) is 4.97. The number of aromatic nitrogens is 2. The van der Waals surface area contributed by atoms with E-state index in [0.717, 1.165) is 12.5 Å². The molecule has 0 saturated heterocycles. The number of halogens is 3. The van der Waals surface area contributed by atoms with Crippen molar-refractivity contribution in [2.45, 2.75) is 52.4 Å². The summed E-state index contributed by atoms with van der Waals surface area (Å²) in [5, 5.41) is 5.71. The fourth-order valence-corrected chi connectivity index (χ4v) is 1.35. The molecule has 108 valence electrons. The largest absolute Gasteiger partial charge is 0.433 e. The first kappa shape index (κ1) is 15.5. The van der Waals surface area contributed by atoms with Crippen LogP contribution in [0.2, 0.25) is 0 Å². The number of nitrogens with one attached hydrogen (secondary N) is 2. The fraction of sp³-hybridized carbons (Fsp3) is 0.667. The van der Waals surface area contributed by atoms with Gasteiger partial charge in [0.1, 0.15) is 5.82 Å². The van der Waals surface area contributed by atoms with Gasteiger partial charge >= 0.3 is 6.18 Å². The predicted molar refractivity (Wildman–Crippen MR) is 69.2 cm³/mol. The van der Waals surface area contributed by atoms with E-state index in [-0.39, 0.29) is 23.8 Å². The summed E-state index contributed by atoms with van der Waals surface area (Å²) < 4.78 is 38.3. The third-order valence-corrected chi connectivity index (χ3v) is 2.44. The minimum atomic E-state index is -4.48. The monoisotopic (exact) mass is 276 g/mol.